The van der Waals surface area contributed by atoms with E-state index in [1.54, 1.807) is 0 Å². The monoisotopic (exact) mass is 743 g/mol. The van der Waals surface area contributed by atoms with E-state index in [1.165, 1.54) is 14.0 Å². The van der Waals surface area contributed by atoms with Gasteiger partial charge in [-0.15, -0.1) is 0 Å². The molecule has 4 rings (SSSR count). The molecule has 51 heavy (non-hydrogen) atoms. The second-order valence-electron chi connectivity index (χ2n) is 12.7. The first-order valence-corrected chi connectivity index (χ1v) is 15.9. The molecule has 4 aliphatic rings. The molecule has 0 spiro atoms. The number of aliphatic imine (C=N–C) groups is 2. The van der Waals surface area contributed by atoms with Crippen LogP contribution in [0.25, 0.3) is 0 Å². The summed E-state index contributed by atoms with van der Waals surface area (Å²) in [4.78, 5) is 20.0. The number of aliphatic hydroxyl groups is 10. The van der Waals surface area contributed by atoms with E-state index in [0.29, 0.717) is 0 Å². The Morgan fingerprint density at radius 2 is 1.27 bits per heavy atom. The van der Waals surface area contributed by atoms with Crippen molar-refractivity contribution in [2.24, 2.45) is 32.9 Å². The van der Waals surface area contributed by atoms with Crippen molar-refractivity contribution >= 4 is 18.2 Å². The third-order valence-electron chi connectivity index (χ3n) is 9.45. The highest BCUT2D eigenvalue weighted by atomic mass is 16.8. The van der Waals surface area contributed by atoms with Crippen LogP contribution in [-0.2, 0) is 33.2 Å². The molecule has 19 N–H and O–H groups in total. The Hall–Kier alpha value is -2.47. The van der Waals surface area contributed by atoms with Crippen molar-refractivity contribution in [1.29, 1.82) is 0 Å². The summed E-state index contributed by atoms with van der Waals surface area (Å²) in [5.41, 5.74) is 19.4. The zero-order valence-corrected chi connectivity index (χ0v) is 27.5. The van der Waals surface area contributed by atoms with Gasteiger partial charge in [-0.3, -0.25) is 4.79 Å². The summed E-state index contributed by atoms with van der Waals surface area (Å²) in [5.74, 6) is -1.11. The normalized spacial score (nSPS) is 48.9. The number of aliphatic hydroxyl groups excluding tert-OH is 9. The van der Waals surface area contributed by atoms with Gasteiger partial charge in [-0.1, -0.05) is 0 Å². The Morgan fingerprint density at radius 1 is 0.706 bits per heavy atom. The van der Waals surface area contributed by atoms with E-state index in [9.17, 15) is 55.9 Å². The van der Waals surface area contributed by atoms with Gasteiger partial charge in [0.1, 0.15) is 85.3 Å². The fourth-order valence-electron chi connectivity index (χ4n) is 6.57. The molecule has 0 aromatic rings. The number of guanidine groups is 2. The summed E-state index contributed by atoms with van der Waals surface area (Å²) in [6, 6.07) is -4.40. The second kappa shape index (κ2) is 16.7. The van der Waals surface area contributed by atoms with Crippen LogP contribution in [0.2, 0.25) is 0 Å². The fraction of sp³-hybridized carbons (Fsp3) is 0.889. The van der Waals surface area contributed by atoms with E-state index in [0.717, 1.165) is 0 Å². The average molecular weight is 744 g/mol. The summed E-state index contributed by atoms with van der Waals surface area (Å²) in [5, 5.41) is 109. The number of rotatable bonds is 12. The number of hydrogen-bond acceptors (Lipinski definition) is 20. The lowest BCUT2D eigenvalue weighted by atomic mass is 9.81. The Bertz CT molecular complexity index is 1230. The van der Waals surface area contributed by atoms with Crippen molar-refractivity contribution in [2.45, 2.75) is 129 Å². The highest BCUT2D eigenvalue weighted by molar-refractivity contribution is 5.76. The van der Waals surface area contributed by atoms with E-state index in [2.05, 4.69) is 15.3 Å². The predicted molar refractivity (Wildman–Crippen MR) is 166 cm³/mol. The van der Waals surface area contributed by atoms with Crippen LogP contribution in [0.1, 0.15) is 6.92 Å². The lowest BCUT2D eigenvalue weighted by molar-refractivity contribution is -0.357. The van der Waals surface area contributed by atoms with Crippen molar-refractivity contribution in [3.05, 3.63) is 0 Å². The number of nitrogens with zero attached hydrogens (tertiary/aromatic N) is 2. The topological polar surface area (TPSA) is 416 Å². The lowest BCUT2D eigenvalue weighted by Crippen LogP contribution is -2.68. The zero-order valence-electron chi connectivity index (χ0n) is 27.5. The van der Waals surface area contributed by atoms with Crippen molar-refractivity contribution in [3.63, 3.8) is 0 Å². The summed E-state index contributed by atoms with van der Waals surface area (Å²) < 4.78 is 34.6. The lowest BCUT2D eigenvalue weighted by Gasteiger charge is -2.48. The largest absolute Gasteiger partial charge is 0.394 e. The maximum atomic E-state index is 12.3. The minimum atomic E-state index is -2.50. The third-order valence-corrected chi connectivity index (χ3v) is 9.45. The SMILES string of the molecule is CN[C@@H]1[C@H](O[C@@H]2[C@H](O[C@@H]3[C@H](O)[C@H](O)[C@H](N=C(N)N)[C@@H](O)[C@@H]3N=C(N)N)O[C@H](C)[C@@]2(O)C=O)O[C@H](CO)[C@@H](O[C@H]2O[C@@H](CO)[C@H](O)[C@@H](O)[C@@H]2O)[C@@H]1O. The summed E-state index contributed by atoms with van der Waals surface area (Å²) in [7, 11) is 1.36. The molecular formula is C27H49N7O17. The van der Waals surface area contributed by atoms with E-state index in [-0.39, 0.29) is 6.29 Å². The van der Waals surface area contributed by atoms with Crippen LogP contribution in [0.4, 0.5) is 0 Å². The molecule has 0 unspecified atom stereocenters. The molecule has 0 aromatic heterocycles. The predicted octanol–water partition coefficient (Wildman–Crippen LogP) is -10.3. The highest BCUT2D eigenvalue weighted by Crippen LogP contribution is 2.39. The molecule has 294 valence electrons. The van der Waals surface area contributed by atoms with Gasteiger partial charge in [0.15, 0.2) is 42.7 Å². The molecule has 0 aromatic carbocycles. The van der Waals surface area contributed by atoms with Gasteiger partial charge in [0.25, 0.3) is 0 Å². The van der Waals surface area contributed by atoms with Gasteiger partial charge in [-0.2, -0.15) is 0 Å². The number of carbonyl (C=O) groups is 1. The van der Waals surface area contributed by atoms with Crippen LogP contribution in [0.5, 0.6) is 0 Å². The Morgan fingerprint density at radius 3 is 1.82 bits per heavy atom. The number of likely N-dealkylation sites (N-methyl/N-ethyl adjacent to an activating group) is 1. The fourth-order valence-corrected chi connectivity index (χ4v) is 6.57. The van der Waals surface area contributed by atoms with E-state index >= 15 is 0 Å². The summed E-state index contributed by atoms with van der Waals surface area (Å²) >= 11 is 0. The van der Waals surface area contributed by atoms with Crippen LogP contribution in [-0.4, -0.2) is 211 Å². The van der Waals surface area contributed by atoms with Gasteiger partial charge in [0, 0.05) is 0 Å². The van der Waals surface area contributed by atoms with Crippen LogP contribution < -0.4 is 28.3 Å². The van der Waals surface area contributed by atoms with Gasteiger partial charge < -0.3 is 108 Å². The van der Waals surface area contributed by atoms with E-state index < -0.39 is 147 Å². The minimum absolute atomic E-state index is 0.0944. The van der Waals surface area contributed by atoms with Crippen LogP contribution in [0.3, 0.4) is 0 Å². The Labute approximate surface area is 290 Å². The molecule has 24 nitrogen and oxygen atoms in total. The number of nitrogens with one attached hydrogen (secondary N) is 1. The summed E-state index contributed by atoms with van der Waals surface area (Å²) in [6.07, 6.45) is -27.0. The molecule has 3 heterocycles. The van der Waals surface area contributed by atoms with Crippen molar-refractivity contribution in [1.82, 2.24) is 5.32 Å². The number of nitrogens with two attached hydrogens (primary N) is 4. The molecule has 0 amide bonds. The first-order chi connectivity index (χ1) is 23.9. The minimum Gasteiger partial charge on any atom is -0.394 e. The zero-order chi connectivity index (χ0) is 38.1. The molecule has 20 atom stereocenters. The molecular weight excluding hydrogens is 694 g/mol. The van der Waals surface area contributed by atoms with Crippen molar-refractivity contribution in [3.8, 4) is 0 Å². The van der Waals surface area contributed by atoms with Crippen molar-refractivity contribution in [2.75, 3.05) is 20.3 Å². The number of ether oxygens (including phenoxy) is 6. The molecule has 24 heteroatoms. The molecule has 3 saturated heterocycles. The molecule has 0 bridgehead atoms. The number of hydrogen-bond donors (Lipinski definition) is 15. The van der Waals surface area contributed by atoms with Gasteiger partial charge in [0.05, 0.1) is 25.4 Å². The van der Waals surface area contributed by atoms with Gasteiger partial charge in [0.2, 0.25) is 0 Å². The van der Waals surface area contributed by atoms with E-state index in [1.807, 2.05) is 0 Å². The highest BCUT2D eigenvalue weighted by Gasteiger charge is 2.61. The quantitative estimate of drug-likeness (QED) is 0.0501. The molecule has 1 saturated carbocycles. The van der Waals surface area contributed by atoms with Gasteiger partial charge >= 0.3 is 0 Å². The summed E-state index contributed by atoms with van der Waals surface area (Å²) in [6.45, 7) is -0.340. The number of aldehydes is 1. The molecule has 1 aliphatic carbocycles. The van der Waals surface area contributed by atoms with E-state index in [4.69, 9.17) is 51.4 Å². The first-order valence-electron chi connectivity index (χ1n) is 15.9. The van der Waals surface area contributed by atoms with Gasteiger partial charge in [-0.25, -0.2) is 9.98 Å². The molecule has 0 radical (unpaired) electrons. The van der Waals surface area contributed by atoms with Crippen LogP contribution >= 0.6 is 0 Å². The molecule has 4 fully saturated rings. The van der Waals surface area contributed by atoms with Gasteiger partial charge in [-0.05, 0) is 14.0 Å². The first kappa shape index (κ1) is 41.3. The smallest absolute Gasteiger partial charge is 0.188 e. The third kappa shape index (κ3) is 8.06. The van der Waals surface area contributed by atoms with Crippen molar-refractivity contribution < 1.29 is 84.3 Å². The standard InChI is InChI=1S/C27H49N7O17/c1-6-27(45,5-37)21(24(46-6)50-20-10(34-26(30)31)13(39)9(33-25(28)29)14(40)17(20)43)51-22-11(32-2)15(41)19(8(4-36)48-22)49-23-18(44)16(42)12(38)7(3-35)47-23/h5-24,32,35-36,38-45H,3-4H2,1-2H3,(H4,28,29,33)(H4,30,31,34)/t6-,7+,8-,9-,10+,11+,12+,13-,14-,15-,16-,17-,18+,19-,20+,21-,22+,23-,24+,27+/m1/s1. The Balaban J connectivity index is 1.61. The Kier molecular flexibility index (Phi) is 13.5. The average Bonchev–Trinajstić information content (AvgIpc) is 3.32. The molecule has 3 aliphatic heterocycles. The second-order valence-corrected chi connectivity index (χ2v) is 12.7. The maximum Gasteiger partial charge on any atom is 0.188 e. The number of carbonyl (C=O) groups excluding carboxylic acids is 1. The van der Waals surface area contributed by atoms with Crippen LogP contribution in [0, 0.1) is 0 Å². The maximum absolute atomic E-state index is 12.3. The van der Waals surface area contributed by atoms with Crippen LogP contribution in [0.15, 0.2) is 9.98 Å².